The van der Waals surface area contributed by atoms with Gasteiger partial charge in [-0.15, -0.1) is 11.3 Å². The van der Waals surface area contributed by atoms with E-state index in [1.165, 1.54) is 11.3 Å². The van der Waals surface area contributed by atoms with Gasteiger partial charge in [-0.3, -0.25) is 4.21 Å². The van der Waals surface area contributed by atoms with Crippen molar-refractivity contribution in [2.24, 2.45) is 0 Å². The quantitative estimate of drug-likeness (QED) is 0.448. The monoisotopic (exact) mass is 204 g/mol. The fourth-order valence-electron chi connectivity index (χ4n) is 1.04. The molecule has 1 heterocycles. The number of thiophene rings is 1. The van der Waals surface area contributed by atoms with E-state index in [0.717, 1.165) is 10.1 Å². The minimum Gasteiger partial charge on any atom is -0.768 e. The maximum atomic E-state index is 10.6. The van der Waals surface area contributed by atoms with E-state index in [0.29, 0.717) is 4.21 Å². The summed E-state index contributed by atoms with van der Waals surface area (Å²) in [5, 5.41) is 0.988. The molecule has 0 amide bonds. The van der Waals surface area contributed by atoms with E-state index in [1.807, 2.05) is 24.3 Å². The van der Waals surface area contributed by atoms with Gasteiger partial charge in [0.15, 0.2) is 0 Å². The number of rotatable bonds is 1. The zero-order valence-corrected chi connectivity index (χ0v) is 8.65. The average Bonchev–Trinajstić information content (AvgIpc) is 2.46. The predicted octanol–water partition coefficient (Wildman–Crippen LogP) is -0.857. The van der Waals surface area contributed by atoms with Gasteiger partial charge in [-0.1, -0.05) is 18.2 Å². The zero-order valence-electron chi connectivity index (χ0n) is 7.02. The van der Waals surface area contributed by atoms with Crippen molar-refractivity contribution in [1.82, 2.24) is 0 Å². The third-order valence-corrected chi connectivity index (χ3v) is 3.58. The van der Waals surface area contributed by atoms with Gasteiger partial charge < -0.3 is 4.55 Å². The Labute approximate surface area is 94.4 Å². The molecule has 0 spiro atoms. The number of hydrogen-bond acceptors (Lipinski definition) is 3. The summed E-state index contributed by atoms with van der Waals surface area (Å²) in [7, 11) is 0. The van der Waals surface area contributed by atoms with E-state index in [9.17, 15) is 8.76 Å². The molecule has 0 N–H and O–H groups in total. The van der Waals surface area contributed by atoms with Gasteiger partial charge in [-0.25, -0.2) is 0 Å². The molecule has 0 aliphatic heterocycles. The van der Waals surface area contributed by atoms with Gasteiger partial charge in [0.2, 0.25) is 0 Å². The molecule has 0 aliphatic rings. The number of benzene rings is 1. The predicted molar refractivity (Wildman–Crippen MR) is 49.0 cm³/mol. The molecule has 2 nitrogen and oxygen atoms in total. The first kappa shape index (κ1) is 11.0. The van der Waals surface area contributed by atoms with Crippen LogP contribution >= 0.6 is 11.3 Å². The zero-order chi connectivity index (χ0) is 8.55. The van der Waals surface area contributed by atoms with Gasteiger partial charge >= 0.3 is 18.9 Å². The van der Waals surface area contributed by atoms with Crippen molar-refractivity contribution in [2.75, 3.05) is 0 Å². The van der Waals surface area contributed by atoms with Crippen LogP contribution < -0.4 is 18.9 Å². The largest absolute Gasteiger partial charge is 1.00 e. The van der Waals surface area contributed by atoms with E-state index in [1.54, 1.807) is 6.07 Å². The Morgan fingerprint density at radius 1 is 1.31 bits per heavy atom. The first-order valence-corrected chi connectivity index (χ1v) is 5.24. The van der Waals surface area contributed by atoms with Crippen molar-refractivity contribution in [3.05, 3.63) is 30.3 Å². The van der Waals surface area contributed by atoms with Gasteiger partial charge in [-0.05, 0) is 28.6 Å². The van der Waals surface area contributed by atoms with Crippen LogP contribution in [-0.4, -0.2) is 8.76 Å². The van der Waals surface area contributed by atoms with E-state index in [-0.39, 0.29) is 18.9 Å². The molecule has 2 rings (SSSR count). The minimum atomic E-state index is -2.09. The molecule has 1 aromatic carbocycles. The summed E-state index contributed by atoms with van der Waals surface area (Å²) in [6.07, 6.45) is 0. The summed E-state index contributed by atoms with van der Waals surface area (Å²) in [5.74, 6) is 0. The van der Waals surface area contributed by atoms with Crippen molar-refractivity contribution < 1.29 is 27.6 Å². The Hall–Kier alpha value is -0.113. The molecule has 0 saturated heterocycles. The SMILES string of the molecule is O=S([O-])c1cc2ccccc2s1.[Li+]. The Bertz CT molecular complexity index is 405. The van der Waals surface area contributed by atoms with E-state index in [4.69, 9.17) is 0 Å². The number of hydrogen-bond donors (Lipinski definition) is 0. The summed E-state index contributed by atoms with van der Waals surface area (Å²) >= 11 is -0.800. The Balaban J connectivity index is 0.000000845. The van der Waals surface area contributed by atoms with Crippen LogP contribution in [0, 0.1) is 0 Å². The summed E-state index contributed by atoms with van der Waals surface area (Å²) in [4.78, 5) is 0. The third kappa shape index (κ3) is 2.22. The minimum absolute atomic E-state index is 0. The van der Waals surface area contributed by atoms with E-state index < -0.39 is 11.1 Å². The molecule has 1 aromatic heterocycles. The summed E-state index contributed by atoms with van der Waals surface area (Å²) in [6.45, 7) is 0. The second kappa shape index (κ2) is 4.40. The van der Waals surface area contributed by atoms with Crippen LogP contribution in [0.25, 0.3) is 10.1 Å². The van der Waals surface area contributed by atoms with E-state index >= 15 is 0 Å². The van der Waals surface area contributed by atoms with Crippen LogP contribution in [0.4, 0.5) is 0 Å². The summed E-state index contributed by atoms with van der Waals surface area (Å²) < 4.78 is 22.6. The van der Waals surface area contributed by atoms with Crippen molar-refractivity contribution in [3.63, 3.8) is 0 Å². The molecular formula is C8H5LiO2S2. The molecule has 13 heavy (non-hydrogen) atoms. The van der Waals surface area contributed by atoms with Crippen LogP contribution in [0.5, 0.6) is 0 Å². The Kier molecular flexibility index (Phi) is 3.71. The first-order valence-electron chi connectivity index (χ1n) is 3.35. The van der Waals surface area contributed by atoms with Gasteiger partial charge in [0, 0.05) is 4.70 Å². The maximum Gasteiger partial charge on any atom is 1.00 e. The normalized spacial score (nSPS) is 12.4. The fraction of sp³-hybridized carbons (Fsp3) is 0. The molecule has 2 aromatic rings. The Morgan fingerprint density at radius 2 is 2.00 bits per heavy atom. The molecule has 62 valence electrons. The van der Waals surface area contributed by atoms with Crippen molar-refractivity contribution in [1.29, 1.82) is 0 Å². The maximum absolute atomic E-state index is 10.6. The van der Waals surface area contributed by atoms with Gasteiger partial charge in [0.1, 0.15) is 0 Å². The van der Waals surface area contributed by atoms with Crippen molar-refractivity contribution in [3.8, 4) is 0 Å². The molecule has 0 radical (unpaired) electrons. The second-order valence-corrected chi connectivity index (χ2v) is 4.59. The molecule has 1 unspecified atom stereocenters. The molecular weight excluding hydrogens is 199 g/mol. The van der Waals surface area contributed by atoms with Crippen LogP contribution in [0.3, 0.4) is 0 Å². The van der Waals surface area contributed by atoms with Crippen LogP contribution in [0.2, 0.25) is 0 Å². The fourth-order valence-corrected chi connectivity index (χ4v) is 2.60. The third-order valence-electron chi connectivity index (χ3n) is 1.57. The van der Waals surface area contributed by atoms with Crippen LogP contribution in [0.15, 0.2) is 34.5 Å². The van der Waals surface area contributed by atoms with Gasteiger partial charge in [0.25, 0.3) is 0 Å². The molecule has 0 saturated carbocycles. The van der Waals surface area contributed by atoms with Crippen molar-refractivity contribution >= 4 is 32.5 Å². The number of fused-ring (bicyclic) bond motifs is 1. The Morgan fingerprint density at radius 3 is 2.62 bits per heavy atom. The molecule has 0 fully saturated rings. The molecule has 1 atom stereocenters. The summed E-state index contributed by atoms with van der Waals surface area (Å²) in [5.41, 5.74) is 0. The van der Waals surface area contributed by atoms with Gasteiger partial charge in [-0.2, -0.15) is 0 Å². The second-order valence-electron chi connectivity index (χ2n) is 2.34. The standard InChI is InChI=1S/C8H6O2S2.Li/c9-12(10)8-5-6-3-1-2-4-7(6)11-8;/h1-5H,(H,9,10);/q;+1/p-1. The first-order chi connectivity index (χ1) is 5.77. The smallest absolute Gasteiger partial charge is 0.768 e. The molecule has 0 bridgehead atoms. The average molecular weight is 204 g/mol. The molecule has 5 heteroatoms. The van der Waals surface area contributed by atoms with E-state index in [2.05, 4.69) is 0 Å². The van der Waals surface area contributed by atoms with Crippen LogP contribution in [0.1, 0.15) is 0 Å². The van der Waals surface area contributed by atoms with Gasteiger partial charge in [0.05, 0.1) is 4.21 Å². The van der Waals surface area contributed by atoms with Crippen LogP contribution in [-0.2, 0) is 11.1 Å². The summed E-state index contributed by atoms with van der Waals surface area (Å²) in [6, 6.07) is 9.30. The topological polar surface area (TPSA) is 40.1 Å². The molecule has 0 aliphatic carbocycles. The van der Waals surface area contributed by atoms with Crippen molar-refractivity contribution in [2.45, 2.75) is 4.21 Å².